The molecule has 0 saturated heterocycles. The number of carbonyl (C=O) groups excluding carboxylic acids is 2. The van der Waals surface area contributed by atoms with Crippen molar-refractivity contribution in [2.24, 2.45) is 0 Å². The minimum atomic E-state index is -0.536. The van der Waals surface area contributed by atoms with Gasteiger partial charge in [0.05, 0.1) is 12.6 Å². The van der Waals surface area contributed by atoms with E-state index in [1.807, 2.05) is 38.1 Å². The molecule has 2 rings (SSSR count). The summed E-state index contributed by atoms with van der Waals surface area (Å²) in [5.41, 5.74) is 0.146. The van der Waals surface area contributed by atoms with Crippen LogP contribution in [0.5, 0.6) is 5.75 Å². The molecule has 0 aliphatic rings. The molecular formula is C21H30N2O5. The zero-order valence-corrected chi connectivity index (χ0v) is 17.3. The molecule has 1 unspecified atom stereocenters. The van der Waals surface area contributed by atoms with Gasteiger partial charge < -0.3 is 24.5 Å². The summed E-state index contributed by atoms with van der Waals surface area (Å²) in [5, 5.41) is 6.49. The standard InChI is InChI=1S/C21H30N2O5/c1-6-26-16-10-7-9-15-13-17(27-19(15)16)14(2)23-18(24)11-8-12-22-20(25)28-21(3,4)5/h7,9-10,13-14H,6,8,11-12H2,1-5H3,(H,22,25)(H,23,24). The van der Waals surface area contributed by atoms with Gasteiger partial charge in [0.1, 0.15) is 11.4 Å². The predicted molar refractivity (Wildman–Crippen MR) is 107 cm³/mol. The third kappa shape index (κ3) is 6.48. The zero-order chi connectivity index (χ0) is 20.7. The van der Waals surface area contributed by atoms with Crippen LogP contribution in [0.15, 0.2) is 28.7 Å². The van der Waals surface area contributed by atoms with Gasteiger partial charge in [0.15, 0.2) is 11.3 Å². The number of ether oxygens (including phenoxy) is 2. The maximum atomic E-state index is 12.2. The predicted octanol–water partition coefficient (Wildman–Crippen LogP) is 4.31. The Morgan fingerprint density at radius 1 is 1.25 bits per heavy atom. The van der Waals surface area contributed by atoms with Crippen molar-refractivity contribution < 1.29 is 23.5 Å². The molecule has 2 amide bonds. The van der Waals surface area contributed by atoms with Crippen LogP contribution >= 0.6 is 0 Å². The first-order chi connectivity index (χ1) is 13.2. The van der Waals surface area contributed by atoms with E-state index < -0.39 is 11.7 Å². The molecule has 1 atom stereocenters. The average Bonchev–Trinajstić information content (AvgIpc) is 3.03. The van der Waals surface area contributed by atoms with Crippen LogP contribution in [0.25, 0.3) is 11.0 Å². The van der Waals surface area contributed by atoms with Crippen molar-refractivity contribution in [2.45, 2.75) is 59.1 Å². The summed E-state index contributed by atoms with van der Waals surface area (Å²) in [6.45, 7) is 10.1. The molecule has 0 spiro atoms. The lowest BCUT2D eigenvalue weighted by Crippen LogP contribution is -2.33. The van der Waals surface area contributed by atoms with Gasteiger partial charge in [-0.05, 0) is 53.2 Å². The molecular weight excluding hydrogens is 360 g/mol. The number of fused-ring (bicyclic) bond motifs is 1. The maximum absolute atomic E-state index is 12.2. The molecule has 1 aromatic carbocycles. The normalized spacial score (nSPS) is 12.5. The molecule has 2 aromatic rings. The minimum Gasteiger partial charge on any atom is -0.490 e. The third-order valence-electron chi connectivity index (χ3n) is 3.88. The summed E-state index contributed by atoms with van der Waals surface area (Å²) in [6, 6.07) is 7.36. The second kappa shape index (κ2) is 9.48. The number of hydrogen-bond donors (Lipinski definition) is 2. The highest BCUT2D eigenvalue weighted by molar-refractivity contribution is 5.84. The zero-order valence-electron chi connectivity index (χ0n) is 17.3. The largest absolute Gasteiger partial charge is 0.490 e. The number of amides is 2. The summed E-state index contributed by atoms with van der Waals surface area (Å²) in [5.74, 6) is 1.25. The second-order valence-electron chi connectivity index (χ2n) is 7.58. The van der Waals surface area contributed by atoms with E-state index in [9.17, 15) is 9.59 Å². The van der Waals surface area contributed by atoms with Crippen molar-refractivity contribution in [2.75, 3.05) is 13.2 Å². The molecule has 1 aromatic heterocycles. The van der Waals surface area contributed by atoms with Crippen LogP contribution in [0, 0.1) is 0 Å². The van der Waals surface area contributed by atoms with Crippen molar-refractivity contribution in [1.29, 1.82) is 0 Å². The molecule has 0 saturated carbocycles. The Bertz CT molecular complexity index is 807. The Labute approximate surface area is 165 Å². The summed E-state index contributed by atoms with van der Waals surface area (Å²) in [4.78, 5) is 23.7. The summed E-state index contributed by atoms with van der Waals surface area (Å²) in [6.07, 6.45) is 0.338. The van der Waals surface area contributed by atoms with Gasteiger partial charge >= 0.3 is 6.09 Å². The Kier molecular flexibility index (Phi) is 7.31. The Morgan fingerprint density at radius 3 is 2.68 bits per heavy atom. The quantitative estimate of drug-likeness (QED) is 0.656. The number of hydrogen-bond acceptors (Lipinski definition) is 5. The van der Waals surface area contributed by atoms with Crippen LogP contribution in [0.2, 0.25) is 0 Å². The van der Waals surface area contributed by atoms with E-state index in [0.717, 1.165) is 5.39 Å². The molecule has 28 heavy (non-hydrogen) atoms. The molecule has 0 fully saturated rings. The van der Waals surface area contributed by atoms with Crippen molar-refractivity contribution in [1.82, 2.24) is 10.6 Å². The molecule has 0 radical (unpaired) electrons. The first-order valence-electron chi connectivity index (χ1n) is 9.61. The molecule has 0 aliphatic heterocycles. The fourth-order valence-electron chi connectivity index (χ4n) is 2.68. The van der Waals surface area contributed by atoms with Crippen molar-refractivity contribution in [3.05, 3.63) is 30.0 Å². The van der Waals surface area contributed by atoms with Crippen molar-refractivity contribution in [3.63, 3.8) is 0 Å². The van der Waals surface area contributed by atoms with Crippen LogP contribution in [0.4, 0.5) is 4.79 Å². The van der Waals surface area contributed by atoms with E-state index >= 15 is 0 Å². The Morgan fingerprint density at radius 2 is 2.00 bits per heavy atom. The number of nitrogens with one attached hydrogen (secondary N) is 2. The number of furan rings is 1. The monoisotopic (exact) mass is 390 g/mol. The lowest BCUT2D eigenvalue weighted by molar-refractivity contribution is -0.121. The maximum Gasteiger partial charge on any atom is 0.407 e. The molecule has 0 aliphatic carbocycles. The second-order valence-corrected chi connectivity index (χ2v) is 7.58. The lowest BCUT2D eigenvalue weighted by Gasteiger charge is -2.19. The van der Waals surface area contributed by atoms with Gasteiger partial charge in [-0.15, -0.1) is 0 Å². The Hall–Kier alpha value is -2.70. The van der Waals surface area contributed by atoms with E-state index in [1.54, 1.807) is 20.8 Å². The highest BCUT2D eigenvalue weighted by atomic mass is 16.6. The average molecular weight is 390 g/mol. The van der Waals surface area contributed by atoms with E-state index in [1.165, 1.54) is 0 Å². The molecule has 7 heteroatoms. The SMILES string of the molecule is CCOc1cccc2cc(C(C)NC(=O)CCCNC(=O)OC(C)(C)C)oc12. The van der Waals surface area contributed by atoms with Gasteiger partial charge in [0, 0.05) is 18.4 Å². The van der Waals surface area contributed by atoms with Gasteiger partial charge in [-0.2, -0.15) is 0 Å². The summed E-state index contributed by atoms with van der Waals surface area (Å²) in [7, 11) is 0. The van der Waals surface area contributed by atoms with Crippen molar-refractivity contribution in [3.8, 4) is 5.75 Å². The number of benzene rings is 1. The van der Waals surface area contributed by atoms with Gasteiger partial charge in [-0.1, -0.05) is 12.1 Å². The number of rotatable bonds is 8. The van der Waals surface area contributed by atoms with Crippen LogP contribution < -0.4 is 15.4 Å². The van der Waals surface area contributed by atoms with E-state index in [0.29, 0.717) is 43.1 Å². The van der Waals surface area contributed by atoms with E-state index in [-0.39, 0.29) is 11.9 Å². The number of para-hydroxylation sites is 1. The van der Waals surface area contributed by atoms with Gasteiger partial charge in [-0.3, -0.25) is 4.79 Å². The topological polar surface area (TPSA) is 89.8 Å². The van der Waals surface area contributed by atoms with Crippen LogP contribution in [0.1, 0.15) is 59.3 Å². The van der Waals surface area contributed by atoms with Gasteiger partial charge in [0.2, 0.25) is 5.91 Å². The molecule has 1 heterocycles. The van der Waals surface area contributed by atoms with Crippen LogP contribution in [-0.2, 0) is 9.53 Å². The van der Waals surface area contributed by atoms with E-state index in [2.05, 4.69) is 10.6 Å². The van der Waals surface area contributed by atoms with E-state index in [4.69, 9.17) is 13.9 Å². The smallest absolute Gasteiger partial charge is 0.407 e. The first kappa shape index (κ1) is 21.6. The van der Waals surface area contributed by atoms with Gasteiger partial charge in [-0.25, -0.2) is 4.79 Å². The highest BCUT2D eigenvalue weighted by Gasteiger charge is 2.17. The molecule has 154 valence electrons. The van der Waals surface area contributed by atoms with Crippen molar-refractivity contribution >= 4 is 23.0 Å². The number of alkyl carbamates (subject to hydrolysis) is 1. The first-order valence-corrected chi connectivity index (χ1v) is 9.61. The third-order valence-corrected chi connectivity index (χ3v) is 3.88. The fraction of sp³-hybridized carbons (Fsp3) is 0.524. The lowest BCUT2D eigenvalue weighted by atomic mass is 10.2. The van der Waals surface area contributed by atoms with Crippen LogP contribution in [-0.4, -0.2) is 30.8 Å². The highest BCUT2D eigenvalue weighted by Crippen LogP contribution is 2.31. The minimum absolute atomic E-state index is 0.107. The molecule has 7 nitrogen and oxygen atoms in total. The molecule has 2 N–H and O–H groups in total. The fourth-order valence-corrected chi connectivity index (χ4v) is 2.68. The molecule has 0 bridgehead atoms. The Balaban J connectivity index is 1.82. The van der Waals surface area contributed by atoms with Gasteiger partial charge in [0.25, 0.3) is 0 Å². The van der Waals surface area contributed by atoms with Crippen LogP contribution in [0.3, 0.4) is 0 Å². The summed E-state index contributed by atoms with van der Waals surface area (Å²) < 4.78 is 16.6. The summed E-state index contributed by atoms with van der Waals surface area (Å²) >= 11 is 0. The number of carbonyl (C=O) groups is 2.